The van der Waals surface area contributed by atoms with E-state index in [-0.39, 0.29) is 40.8 Å². The summed E-state index contributed by atoms with van der Waals surface area (Å²) in [6.45, 7) is -1.95. The molecule has 2 unspecified atom stereocenters. The first-order valence-electron chi connectivity index (χ1n) is 11.5. The molecule has 2 aliphatic rings. The fraction of sp³-hybridized carbons (Fsp3) is 0.273. The van der Waals surface area contributed by atoms with E-state index in [0.29, 0.717) is 11.6 Å². The Bertz CT molecular complexity index is 1310. The van der Waals surface area contributed by atoms with Crippen LogP contribution in [0.2, 0.25) is 6.43 Å². The van der Waals surface area contributed by atoms with E-state index in [1.807, 2.05) is 0 Å². The summed E-state index contributed by atoms with van der Waals surface area (Å²) in [6, 6.07) is 3.06. The van der Waals surface area contributed by atoms with Crippen LogP contribution in [0.5, 0.6) is 0 Å². The number of carbonyl (C=O) groups excluding carboxylic acids is 4. The van der Waals surface area contributed by atoms with E-state index in [4.69, 9.17) is 17.1 Å². The van der Waals surface area contributed by atoms with Crippen molar-refractivity contribution in [3.8, 4) is 0 Å². The molecule has 2 heterocycles. The third kappa shape index (κ3) is 4.08. The van der Waals surface area contributed by atoms with E-state index in [1.54, 1.807) is 0 Å². The Labute approximate surface area is 192 Å². The van der Waals surface area contributed by atoms with E-state index in [2.05, 4.69) is 5.32 Å². The number of alkyl halides is 2. The van der Waals surface area contributed by atoms with Gasteiger partial charge in [-0.05, 0) is 35.7 Å². The minimum absolute atomic E-state index is 0.0331. The Kier molecular flexibility index (Phi) is 4.48. The normalized spacial score (nSPS) is 21.2. The van der Waals surface area contributed by atoms with Crippen molar-refractivity contribution >= 4 is 35.2 Å². The molecule has 166 valence electrons. The standard InChI is InChI=1S/C22H18ClF2N3O4/c23-15-4-2-14(3-5-15)22(24,25)21(32)26-10-12-1-6-16-13(9-12)11-28(20(16)31)17-7-8-18(29)27-19(17)30/h1-6,9,17H,7-8,10-11H2,(H,26,32)(H,27,29,30)/i2D,5D,10D/hD. The number of nitrogens with zero attached hydrogens (tertiary/aromatic N) is 1. The Morgan fingerprint density at radius 3 is 2.84 bits per heavy atom. The SMILES string of the molecule is [2H]c1cc(C(F)(F)C(=O)N([2H])C([2H])c2ccc3c(c2)CN(C2CCC(=O)NC2=O)C3=O)c([2H])cc1Cl. The van der Waals surface area contributed by atoms with Gasteiger partial charge in [0, 0.05) is 35.6 Å². The number of halogens is 3. The van der Waals surface area contributed by atoms with Gasteiger partial charge in [0.05, 0.1) is 4.11 Å². The van der Waals surface area contributed by atoms with E-state index >= 15 is 0 Å². The summed E-state index contributed by atoms with van der Waals surface area (Å²) in [5, 5.41) is 1.68. The zero-order valence-corrected chi connectivity index (χ0v) is 17.1. The number of amides is 4. The number of piperidine rings is 1. The van der Waals surface area contributed by atoms with E-state index in [1.165, 1.54) is 23.1 Å². The first-order chi connectivity index (χ1) is 16.8. The number of rotatable bonds is 5. The molecule has 7 nitrogen and oxygen atoms in total. The second-order valence-electron chi connectivity index (χ2n) is 7.29. The van der Waals surface area contributed by atoms with Crippen LogP contribution in [-0.2, 0) is 33.4 Å². The fourth-order valence-electron chi connectivity index (χ4n) is 3.55. The van der Waals surface area contributed by atoms with Crippen LogP contribution in [0.4, 0.5) is 8.78 Å². The maximum atomic E-state index is 14.9. The van der Waals surface area contributed by atoms with Crippen molar-refractivity contribution in [3.05, 3.63) is 69.7 Å². The average Bonchev–Trinajstić information content (AvgIpc) is 3.15. The molecule has 2 aromatic rings. The minimum atomic E-state index is -4.38. The Hall–Kier alpha value is -3.33. The zero-order valence-electron chi connectivity index (χ0n) is 20.3. The molecule has 1 saturated heterocycles. The smallest absolute Gasteiger partial charge is 0.346 e. The number of nitrogens with one attached hydrogen (secondary N) is 2. The number of fused-ring (bicyclic) bond motifs is 1. The highest BCUT2D eigenvalue weighted by Gasteiger charge is 2.41. The van der Waals surface area contributed by atoms with Crippen LogP contribution < -0.4 is 10.6 Å². The lowest BCUT2D eigenvalue weighted by atomic mass is 10.0. The molecular weight excluding hydrogens is 444 g/mol. The molecule has 0 spiro atoms. The van der Waals surface area contributed by atoms with Crippen LogP contribution >= 0.6 is 11.6 Å². The number of benzene rings is 2. The molecular formula is C22H18ClF2N3O4. The third-order valence-corrected chi connectivity index (χ3v) is 5.41. The molecule has 0 radical (unpaired) electrons. The topological polar surface area (TPSA) is 95.6 Å². The number of carbonyl (C=O) groups is 4. The van der Waals surface area contributed by atoms with Gasteiger partial charge in [0.2, 0.25) is 11.8 Å². The van der Waals surface area contributed by atoms with Crippen molar-refractivity contribution < 1.29 is 33.5 Å². The van der Waals surface area contributed by atoms with E-state index < -0.39 is 59.8 Å². The first kappa shape index (κ1) is 17.3. The molecule has 32 heavy (non-hydrogen) atoms. The molecule has 2 atom stereocenters. The van der Waals surface area contributed by atoms with Gasteiger partial charge in [0.15, 0.2) is 1.41 Å². The molecule has 0 bridgehead atoms. The fourth-order valence-corrected chi connectivity index (χ4v) is 3.66. The van der Waals surface area contributed by atoms with Gasteiger partial charge >= 0.3 is 5.92 Å². The molecule has 0 aliphatic carbocycles. The van der Waals surface area contributed by atoms with Crippen molar-refractivity contribution in [2.75, 3.05) is 0 Å². The van der Waals surface area contributed by atoms with Crippen LogP contribution in [0, 0.1) is 0 Å². The predicted molar refractivity (Wildman–Crippen MR) is 110 cm³/mol. The highest BCUT2D eigenvalue weighted by atomic mass is 35.5. The Morgan fingerprint density at radius 2 is 2.09 bits per heavy atom. The second-order valence-corrected chi connectivity index (χ2v) is 7.70. The molecule has 0 aromatic heterocycles. The number of hydrogen-bond donors (Lipinski definition) is 2. The summed E-state index contributed by atoms with van der Waals surface area (Å²) in [4.78, 5) is 50.1. The lowest BCUT2D eigenvalue weighted by Gasteiger charge is -2.29. The van der Waals surface area contributed by atoms with E-state index in [9.17, 15) is 28.0 Å². The Balaban J connectivity index is 1.55. The van der Waals surface area contributed by atoms with Gasteiger partial charge in [-0.2, -0.15) is 8.78 Å². The van der Waals surface area contributed by atoms with Crippen LogP contribution in [0.3, 0.4) is 0 Å². The van der Waals surface area contributed by atoms with Gasteiger partial charge in [-0.25, -0.2) is 0 Å². The number of hydrogen-bond acceptors (Lipinski definition) is 4. The third-order valence-electron chi connectivity index (χ3n) is 5.19. The summed E-state index contributed by atoms with van der Waals surface area (Å²) in [7, 11) is 0. The minimum Gasteiger partial charge on any atom is -0.346 e. The lowest BCUT2D eigenvalue weighted by Crippen LogP contribution is -2.52. The molecule has 2 aromatic carbocycles. The summed E-state index contributed by atoms with van der Waals surface area (Å²) in [6.07, 6.45) is 0.210. The predicted octanol–water partition coefficient (Wildman–Crippen LogP) is 2.51. The molecule has 2 N–H and O–H groups in total. The van der Waals surface area contributed by atoms with Crippen molar-refractivity contribution in [3.63, 3.8) is 0 Å². The van der Waals surface area contributed by atoms with Crippen molar-refractivity contribution in [2.24, 2.45) is 0 Å². The summed E-state index contributed by atoms with van der Waals surface area (Å²) < 4.78 is 61.1. The van der Waals surface area contributed by atoms with Crippen LogP contribution in [0.25, 0.3) is 0 Å². The largest absolute Gasteiger partial charge is 0.349 e. The lowest BCUT2D eigenvalue weighted by molar-refractivity contribution is -0.147. The van der Waals surface area contributed by atoms with Gasteiger partial charge in [-0.1, -0.05) is 35.8 Å². The maximum absolute atomic E-state index is 14.9. The van der Waals surface area contributed by atoms with Crippen LogP contribution in [0.15, 0.2) is 42.4 Å². The summed E-state index contributed by atoms with van der Waals surface area (Å²) in [5.74, 6) is -7.99. The quantitative estimate of drug-likeness (QED) is 0.663. The van der Waals surface area contributed by atoms with Gasteiger partial charge < -0.3 is 10.2 Å². The first-order valence-corrected chi connectivity index (χ1v) is 9.88. The summed E-state index contributed by atoms with van der Waals surface area (Å²) >= 11 is 5.66. The average molecular weight is 466 g/mol. The summed E-state index contributed by atoms with van der Waals surface area (Å²) in [5.41, 5.74) is -0.566. The molecule has 0 saturated carbocycles. The maximum Gasteiger partial charge on any atom is 0.349 e. The van der Waals surface area contributed by atoms with Crippen molar-refractivity contribution in [1.82, 2.24) is 15.5 Å². The molecule has 4 rings (SSSR count). The molecule has 2 aliphatic heterocycles. The van der Waals surface area contributed by atoms with Crippen molar-refractivity contribution in [1.29, 1.82) is 0 Å². The van der Waals surface area contributed by atoms with Crippen molar-refractivity contribution in [2.45, 2.75) is 37.9 Å². The monoisotopic (exact) mass is 465 g/mol. The van der Waals surface area contributed by atoms with Gasteiger partial charge in [0.1, 0.15) is 6.04 Å². The van der Waals surface area contributed by atoms with Gasteiger partial charge in [-0.15, -0.1) is 0 Å². The zero-order chi connectivity index (χ0) is 26.5. The van der Waals surface area contributed by atoms with E-state index in [0.717, 1.165) is 6.07 Å². The van der Waals surface area contributed by atoms with Gasteiger partial charge in [-0.3, -0.25) is 24.5 Å². The highest BCUT2D eigenvalue weighted by molar-refractivity contribution is 6.30. The van der Waals surface area contributed by atoms with Gasteiger partial charge in [0.25, 0.3) is 11.8 Å². The van der Waals surface area contributed by atoms with Crippen LogP contribution in [-0.4, -0.2) is 34.6 Å². The number of imide groups is 1. The Morgan fingerprint density at radius 1 is 1.31 bits per heavy atom. The molecule has 4 amide bonds. The highest BCUT2D eigenvalue weighted by Crippen LogP contribution is 2.30. The second kappa shape index (κ2) is 8.31. The molecule has 1 fully saturated rings. The van der Waals surface area contributed by atoms with Crippen LogP contribution in [0.1, 0.15) is 44.0 Å². The molecule has 10 heteroatoms.